The summed E-state index contributed by atoms with van der Waals surface area (Å²) in [7, 11) is 0. The number of hydrogen-bond donors (Lipinski definition) is 1. The van der Waals surface area contributed by atoms with Crippen molar-refractivity contribution in [1.82, 2.24) is 20.2 Å². The van der Waals surface area contributed by atoms with E-state index in [2.05, 4.69) is 26.9 Å². The van der Waals surface area contributed by atoms with Crippen LogP contribution in [0.25, 0.3) is 5.69 Å². The van der Waals surface area contributed by atoms with Crippen LogP contribution in [0.3, 0.4) is 0 Å². The summed E-state index contributed by atoms with van der Waals surface area (Å²) in [6.45, 7) is 2.58. The molecule has 5 nitrogen and oxygen atoms in total. The Labute approximate surface area is 121 Å². The summed E-state index contributed by atoms with van der Waals surface area (Å²) in [4.78, 5) is 0. The van der Waals surface area contributed by atoms with E-state index in [9.17, 15) is 4.39 Å². The Morgan fingerprint density at radius 2 is 2.10 bits per heavy atom. The van der Waals surface area contributed by atoms with Crippen molar-refractivity contribution in [2.45, 2.75) is 13.5 Å². The monoisotopic (exact) mass is 283 g/mol. The molecular formula is C15H14FN5. The predicted octanol–water partition coefficient (Wildman–Crippen LogP) is 2.72. The summed E-state index contributed by atoms with van der Waals surface area (Å²) in [5, 5.41) is 14.0. The molecule has 2 aromatic carbocycles. The highest BCUT2D eigenvalue weighted by Gasteiger charge is 2.06. The summed E-state index contributed by atoms with van der Waals surface area (Å²) in [6.07, 6.45) is 1.47. The van der Waals surface area contributed by atoms with Crippen LogP contribution in [0.4, 0.5) is 10.1 Å². The number of rotatable bonds is 4. The molecule has 0 unspecified atom stereocenters. The summed E-state index contributed by atoms with van der Waals surface area (Å²) < 4.78 is 15.4. The predicted molar refractivity (Wildman–Crippen MR) is 77.6 cm³/mol. The molecule has 6 heteroatoms. The first-order chi connectivity index (χ1) is 10.2. The molecule has 0 aliphatic rings. The molecular weight excluding hydrogens is 269 g/mol. The van der Waals surface area contributed by atoms with Crippen LogP contribution in [-0.4, -0.2) is 20.2 Å². The van der Waals surface area contributed by atoms with Crippen molar-refractivity contribution < 1.29 is 4.39 Å². The number of hydrogen-bond acceptors (Lipinski definition) is 4. The Kier molecular flexibility index (Phi) is 3.59. The molecule has 0 aliphatic carbocycles. The zero-order valence-corrected chi connectivity index (χ0v) is 11.5. The fourth-order valence-electron chi connectivity index (χ4n) is 2.09. The first-order valence-electron chi connectivity index (χ1n) is 6.55. The van der Waals surface area contributed by atoms with Crippen LogP contribution in [0.15, 0.2) is 48.8 Å². The Morgan fingerprint density at radius 1 is 1.19 bits per heavy atom. The van der Waals surface area contributed by atoms with Crippen molar-refractivity contribution in [2.24, 2.45) is 0 Å². The number of tetrazole rings is 1. The first-order valence-corrected chi connectivity index (χ1v) is 6.55. The molecule has 0 atom stereocenters. The highest BCUT2D eigenvalue weighted by molar-refractivity contribution is 5.52. The molecule has 1 aromatic heterocycles. The van der Waals surface area contributed by atoms with Gasteiger partial charge >= 0.3 is 0 Å². The van der Waals surface area contributed by atoms with Crippen LogP contribution in [0, 0.1) is 12.7 Å². The minimum absolute atomic E-state index is 0.306. The van der Waals surface area contributed by atoms with Crippen LogP contribution >= 0.6 is 0 Å². The number of aromatic nitrogens is 4. The Morgan fingerprint density at radius 3 is 2.86 bits per heavy atom. The third kappa shape index (κ3) is 3.05. The van der Waals surface area contributed by atoms with Crippen molar-refractivity contribution in [3.05, 3.63) is 65.7 Å². The summed E-state index contributed by atoms with van der Waals surface area (Å²) in [6, 6.07) is 12.8. The topological polar surface area (TPSA) is 55.6 Å². The zero-order valence-electron chi connectivity index (χ0n) is 11.5. The number of aryl methyl sites for hydroxylation is 1. The smallest absolute Gasteiger partial charge is 0.146 e. The lowest BCUT2D eigenvalue weighted by molar-refractivity contribution is 0.629. The average Bonchev–Trinajstić information content (AvgIpc) is 3.01. The van der Waals surface area contributed by atoms with Gasteiger partial charge in [0.05, 0.1) is 11.4 Å². The van der Waals surface area contributed by atoms with Crippen molar-refractivity contribution in [1.29, 1.82) is 0 Å². The van der Waals surface area contributed by atoms with Crippen molar-refractivity contribution >= 4 is 5.69 Å². The third-order valence-corrected chi connectivity index (χ3v) is 3.13. The lowest BCUT2D eigenvalue weighted by Gasteiger charge is -2.10. The molecule has 21 heavy (non-hydrogen) atoms. The van der Waals surface area contributed by atoms with E-state index in [1.165, 1.54) is 22.6 Å². The number of nitrogens with zero attached hydrogens (tertiary/aromatic N) is 4. The Balaban J connectivity index is 1.80. The lowest BCUT2D eigenvalue weighted by Crippen LogP contribution is -2.03. The third-order valence-electron chi connectivity index (χ3n) is 3.13. The fraction of sp³-hybridized carbons (Fsp3) is 0.133. The minimum Gasteiger partial charge on any atom is -0.379 e. The van der Waals surface area contributed by atoms with E-state index >= 15 is 0 Å². The molecule has 0 amide bonds. The van der Waals surface area contributed by atoms with E-state index in [1.807, 2.05) is 25.1 Å². The molecule has 0 fully saturated rings. The molecule has 0 saturated heterocycles. The molecule has 3 rings (SSSR count). The SMILES string of the molecule is Cc1cccc(CNc2cc(-n3cnnn3)ccc2F)c1. The highest BCUT2D eigenvalue weighted by atomic mass is 19.1. The summed E-state index contributed by atoms with van der Waals surface area (Å²) in [5.41, 5.74) is 3.40. The lowest BCUT2D eigenvalue weighted by atomic mass is 10.1. The first kappa shape index (κ1) is 13.2. The molecule has 0 bridgehead atoms. The molecule has 3 aromatic rings. The second-order valence-corrected chi connectivity index (χ2v) is 4.76. The van der Waals surface area contributed by atoms with Gasteiger partial charge in [0.1, 0.15) is 12.1 Å². The van der Waals surface area contributed by atoms with Crippen LogP contribution < -0.4 is 5.32 Å². The highest BCUT2D eigenvalue weighted by Crippen LogP contribution is 2.19. The van der Waals surface area contributed by atoms with E-state index in [-0.39, 0.29) is 5.82 Å². The van der Waals surface area contributed by atoms with Crippen LogP contribution in [-0.2, 0) is 6.54 Å². The Hall–Kier alpha value is -2.76. The van der Waals surface area contributed by atoms with Gasteiger partial charge in [0.25, 0.3) is 0 Å². The van der Waals surface area contributed by atoms with Gasteiger partial charge in [0.2, 0.25) is 0 Å². The van der Waals surface area contributed by atoms with Crippen LogP contribution in [0.1, 0.15) is 11.1 Å². The molecule has 0 saturated carbocycles. The zero-order chi connectivity index (χ0) is 14.7. The van der Waals surface area contributed by atoms with Gasteiger partial charge in [-0.25, -0.2) is 9.07 Å². The van der Waals surface area contributed by atoms with Gasteiger partial charge < -0.3 is 5.32 Å². The molecule has 1 N–H and O–H groups in total. The number of anilines is 1. The van der Waals surface area contributed by atoms with Gasteiger partial charge in [-0.3, -0.25) is 0 Å². The van der Waals surface area contributed by atoms with Gasteiger partial charge in [-0.15, -0.1) is 5.10 Å². The van der Waals surface area contributed by atoms with E-state index in [0.29, 0.717) is 17.9 Å². The fourth-order valence-corrected chi connectivity index (χ4v) is 2.09. The number of halogens is 1. The second-order valence-electron chi connectivity index (χ2n) is 4.76. The van der Waals surface area contributed by atoms with Gasteiger partial charge in [0.15, 0.2) is 0 Å². The maximum Gasteiger partial charge on any atom is 0.146 e. The van der Waals surface area contributed by atoms with E-state index in [1.54, 1.807) is 12.1 Å². The summed E-state index contributed by atoms with van der Waals surface area (Å²) >= 11 is 0. The van der Waals surface area contributed by atoms with Crippen molar-refractivity contribution in [3.63, 3.8) is 0 Å². The van der Waals surface area contributed by atoms with E-state index in [0.717, 1.165) is 5.56 Å². The maximum absolute atomic E-state index is 13.9. The molecule has 0 radical (unpaired) electrons. The molecule has 1 heterocycles. The normalized spacial score (nSPS) is 10.6. The number of benzene rings is 2. The minimum atomic E-state index is -0.306. The van der Waals surface area contributed by atoms with E-state index in [4.69, 9.17) is 0 Å². The number of nitrogens with one attached hydrogen (secondary N) is 1. The largest absolute Gasteiger partial charge is 0.379 e. The average molecular weight is 283 g/mol. The Bertz CT molecular complexity index is 740. The molecule has 106 valence electrons. The maximum atomic E-state index is 13.9. The van der Waals surface area contributed by atoms with Gasteiger partial charge in [-0.2, -0.15) is 0 Å². The van der Waals surface area contributed by atoms with Gasteiger partial charge in [-0.1, -0.05) is 29.8 Å². The quantitative estimate of drug-likeness (QED) is 0.800. The molecule has 0 spiro atoms. The van der Waals surface area contributed by atoms with Gasteiger partial charge in [0, 0.05) is 6.54 Å². The van der Waals surface area contributed by atoms with Crippen molar-refractivity contribution in [3.8, 4) is 5.69 Å². The van der Waals surface area contributed by atoms with Crippen molar-refractivity contribution in [2.75, 3.05) is 5.32 Å². The summed E-state index contributed by atoms with van der Waals surface area (Å²) in [5.74, 6) is -0.306. The second kappa shape index (κ2) is 5.70. The molecule has 0 aliphatic heterocycles. The van der Waals surface area contributed by atoms with E-state index < -0.39 is 0 Å². The van der Waals surface area contributed by atoms with Gasteiger partial charge in [-0.05, 0) is 41.1 Å². The standard InChI is InChI=1S/C15H14FN5/c1-11-3-2-4-12(7-11)9-17-15-8-13(5-6-14(15)16)21-10-18-19-20-21/h2-8,10,17H,9H2,1H3. The van der Waals surface area contributed by atoms with Crippen LogP contribution in [0.5, 0.6) is 0 Å². The van der Waals surface area contributed by atoms with Crippen LogP contribution in [0.2, 0.25) is 0 Å².